The summed E-state index contributed by atoms with van der Waals surface area (Å²) in [6.07, 6.45) is 45.5. The molecule has 306 valence electrons. The lowest BCUT2D eigenvalue weighted by Crippen LogP contribution is -2.29. The van der Waals surface area contributed by atoms with Crippen molar-refractivity contribution in [2.24, 2.45) is 5.73 Å². The first kappa shape index (κ1) is 50.7. The molecule has 0 aliphatic heterocycles. The lowest BCUT2D eigenvalue weighted by atomic mass is 10.1. The molecular weight excluding hydrogens is 689 g/mol. The van der Waals surface area contributed by atoms with Gasteiger partial charge >= 0.3 is 19.8 Å². The van der Waals surface area contributed by atoms with Gasteiger partial charge in [-0.25, -0.2) is 4.57 Å². The van der Waals surface area contributed by atoms with E-state index in [9.17, 15) is 19.0 Å². The lowest BCUT2D eigenvalue weighted by molar-refractivity contribution is -0.161. The average Bonchev–Trinajstić information content (AvgIpc) is 3.14. The number of allylic oxidation sites excluding steroid dienone is 10. The molecule has 0 rings (SSSR count). The zero-order chi connectivity index (χ0) is 38.9. The minimum atomic E-state index is -4.39. The highest BCUT2D eigenvalue weighted by Gasteiger charge is 2.25. The van der Waals surface area contributed by atoms with Gasteiger partial charge in [0.15, 0.2) is 6.10 Å². The summed E-state index contributed by atoms with van der Waals surface area (Å²) in [5, 5.41) is 0. The third-order valence-corrected chi connectivity index (χ3v) is 9.35. The maximum absolute atomic E-state index is 12.5. The van der Waals surface area contributed by atoms with E-state index in [1.807, 2.05) is 6.08 Å². The highest BCUT2D eigenvalue weighted by molar-refractivity contribution is 7.47. The fraction of sp³-hybridized carbons (Fsp3) is 0.721. The van der Waals surface area contributed by atoms with Gasteiger partial charge < -0.3 is 20.1 Å². The standard InChI is InChI=1S/C43H76NO8P/c1-3-5-7-9-11-13-15-17-19-20-22-24-26-28-30-32-34-36-43(46)52-41(40-51-53(47,48)50-38-37-44)39-49-42(45)35-33-31-29-27-25-23-21-18-16-14-12-10-8-6-4-2/h7,9,13,15,19-20,24,26,29,31,41H,3-6,8,10-12,14,16-18,21-23,25,27-28,30,32-40,44H2,1-2H3,(H,47,48)/b9-7+,15-13+,20-19+,26-24+,31-29+/t41-/m1/s1. The van der Waals surface area contributed by atoms with Gasteiger partial charge in [-0.3, -0.25) is 18.6 Å². The molecule has 0 bridgehead atoms. The van der Waals surface area contributed by atoms with E-state index in [0.29, 0.717) is 12.8 Å². The van der Waals surface area contributed by atoms with Crippen molar-refractivity contribution < 1.29 is 37.6 Å². The highest BCUT2D eigenvalue weighted by Crippen LogP contribution is 2.43. The van der Waals surface area contributed by atoms with E-state index in [1.54, 1.807) is 0 Å². The first-order valence-electron chi connectivity index (χ1n) is 20.8. The molecule has 0 fully saturated rings. The fourth-order valence-electron chi connectivity index (χ4n) is 5.29. The summed E-state index contributed by atoms with van der Waals surface area (Å²) in [5.41, 5.74) is 5.34. The van der Waals surface area contributed by atoms with Crippen LogP contribution >= 0.6 is 7.82 Å². The minimum Gasteiger partial charge on any atom is -0.462 e. The number of rotatable bonds is 38. The number of hydrogen-bond acceptors (Lipinski definition) is 8. The van der Waals surface area contributed by atoms with Crippen LogP contribution in [0.5, 0.6) is 0 Å². The molecule has 0 radical (unpaired) electrons. The number of phosphoric acid groups is 1. The Morgan fingerprint density at radius 1 is 0.566 bits per heavy atom. The number of nitrogens with two attached hydrogens (primary N) is 1. The average molecular weight is 766 g/mol. The van der Waals surface area contributed by atoms with Crippen LogP contribution in [0.3, 0.4) is 0 Å². The van der Waals surface area contributed by atoms with Crippen LogP contribution < -0.4 is 5.73 Å². The molecular formula is C43H76NO8P. The third-order valence-electron chi connectivity index (χ3n) is 8.37. The van der Waals surface area contributed by atoms with E-state index in [1.165, 1.54) is 70.6 Å². The number of carbonyl (C=O) groups excluding carboxylic acids is 2. The van der Waals surface area contributed by atoms with Crippen molar-refractivity contribution >= 4 is 19.8 Å². The molecule has 0 aromatic rings. The second kappa shape index (κ2) is 39.4. The van der Waals surface area contributed by atoms with Crippen LogP contribution in [-0.2, 0) is 32.7 Å². The zero-order valence-electron chi connectivity index (χ0n) is 33.5. The van der Waals surface area contributed by atoms with Crippen molar-refractivity contribution in [2.45, 2.75) is 174 Å². The van der Waals surface area contributed by atoms with Crippen molar-refractivity contribution in [3.8, 4) is 0 Å². The van der Waals surface area contributed by atoms with E-state index >= 15 is 0 Å². The van der Waals surface area contributed by atoms with Gasteiger partial charge in [0.25, 0.3) is 0 Å². The number of phosphoric ester groups is 1. The molecule has 0 saturated heterocycles. The molecule has 0 aliphatic rings. The van der Waals surface area contributed by atoms with Crippen LogP contribution in [-0.4, -0.2) is 49.3 Å². The molecule has 0 spiro atoms. The molecule has 0 heterocycles. The molecule has 0 saturated carbocycles. The van der Waals surface area contributed by atoms with E-state index in [-0.39, 0.29) is 32.6 Å². The smallest absolute Gasteiger partial charge is 0.462 e. The number of unbranched alkanes of at least 4 members (excludes halogenated alkanes) is 15. The van der Waals surface area contributed by atoms with Crippen molar-refractivity contribution in [3.63, 3.8) is 0 Å². The Morgan fingerprint density at radius 2 is 1.06 bits per heavy atom. The SMILES string of the molecule is CCC/C=C/C/C=C/C/C=C/C/C=C/CCCCCC(=O)O[C@H](COC(=O)CC/C=C/CCCCCCCCCCCCC)COP(=O)(O)OCCN. The van der Waals surface area contributed by atoms with Crippen molar-refractivity contribution in [2.75, 3.05) is 26.4 Å². The Balaban J connectivity index is 4.29. The van der Waals surface area contributed by atoms with E-state index in [2.05, 4.69) is 68.5 Å². The summed E-state index contributed by atoms with van der Waals surface area (Å²) >= 11 is 0. The number of carbonyl (C=O) groups is 2. The number of ether oxygens (including phenoxy) is 2. The molecule has 0 amide bonds. The summed E-state index contributed by atoms with van der Waals surface area (Å²) in [5.74, 6) is -0.925. The predicted octanol–water partition coefficient (Wildman–Crippen LogP) is 11.7. The summed E-state index contributed by atoms with van der Waals surface area (Å²) in [6, 6.07) is 0. The van der Waals surface area contributed by atoms with E-state index in [4.69, 9.17) is 24.3 Å². The topological polar surface area (TPSA) is 134 Å². The Hall–Kier alpha value is -2.29. The second-order valence-corrected chi connectivity index (χ2v) is 14.9. The third kappa shape index (κ3) is 39.2. The van der Waals surface area contributed by atoms with Crippen LogP contribution in [0.4, 0.5) is 0 Å². The normalized spacial score (nSPS) is 14.0. The predicted molar refractivity (Wildman–Crippen MR) is 219 cm³/mol. The lowest BCUT2D eigenvalue weighted by Gasteiger charge is -2.19. The van der Waals surface area contributed by atoms with Gasteiger partial charge in [-0.2, -0.15) is 0 Å². The maximum Gasteiger partial charge on any atom is 0.472 e. The maximum atomic E-state index is 12.5. The summed E-state index contributed by atoms with van der Waals surface area (Å²) in [7, 11) is -4.39. The summed E-state index contributed by atoms with van der Waals surface area (Å²) in [4.78, 5) is 34.8. The molecule has 3 N–H and O–H groups in total. The Morgan fingerprint density at radius 3 is 1.62 bits per heavy atom. The molecule has 0 aromatic heterocycles. The fourth-order valence-corrected chi connectivity index (χ4v) is 6.05. The first-order chi connectivity index (χ1) is 25.8. The monoisotopic (exact) mass is 766 g/mol. The largest absolute Gasteiger partial charge is 0.472 e. The second-order valence-electron chi connectivity index (χ2n) is 13.5. The van der Waals surface area contributed by atoms with Crippen LogP contribution in [0.15, 0.2) is 60.8 Å². The molecule has 53 heavy (non-hydrogen) atoms. The van der Waals surface area contributed by atoms with Gasteiger partial charge in [-0.05, 0) is 64.2 Å². The van der Waals surface area contributed by atoms with Crippen LogP contribution in [0.25, 0.3) is 0 Å². The molecule has 10 heteroatoms. The minimum absolute atomic E-state index is 0.0417. The van der Waals surface area contributed by atoms with Gasteiger partial charge in [0.2, 0.25) is 0 Å². The first-order valence-corrected chi connectivity index (χ1v) is 22.3. The Labute approximate surface area is 323 Å². The van der Waals surface area contributed by atoms with Crippen molar-refractivity contribution in [3.05, 3.63) is 60.8 Å². The van der Waals surface area contributed by atoms with Crippen LogP contribution in [0.2, 0.25) is 0 Å². The Bertz CT molecular complexity index is 1050. The van der Waals surface area contributed by atoms with Crippen LogP contribution in [0.1, 0.15) is 168 Å². The zero-order valence-corrected chi connectivity index (χ0v) is 34.4. The number of hydrogen-bond donors (Lipinski definition) is 2. The Kier molecular flexibility index (Phi) is 37.7. The summed E-state index contributed by atoms with van der Waals surface area (Å²) < 4.78 is 32.6. The highest BCUT2D eigenvalue weighted by atomic mass is 31.2. The molecule has 2 atom stereocenters. The van der Waals surface area contributed by atoms with E-state index < -0.39 is 32.5 Å². The summed E-state index contributed by atoms with van der Waals surface area (Å²) in [6.45, 7) is 3.57. The van der Waals surface area contributed by atoms with Gasteiger partial charge in [0.1, 0.15) is 6.61 Å². The molecule has 0 aliphatic carbocycles. The molecule has 9 nitrogen and oxygen atoms in total. The van der Waals surface area contributed by atoms with E-state index in [0.717, 1.165) is 57.8 Å². The van der Waals surface area contributed by atoms with Gasteiger partial charge in [0.05, 0.1) is 13.2 Å². The van der Waals surface area contributed by atoms with Crippen molar-refractivity contribution in [1.82, 2.24) is 0 Å². The van der Waals surface area contributed by atoms with Gasteiger partial charge in [0, 0.05) is 19.4 Å². The van der Waals surface area contributed by atoms with Crippen molar-refractivity contribution in [1.29, 1.82) is 0 Å². The quantitative estimate of drug-likeness (QED) is 0.0272. The molecule has 0 aromatic carbocycles. The van der Waals surface area contributed by atoms with Crippen LogP contribution in [0, 0.1) is 0 Å². The van der Waals surface area contributed by atoms with Gasteiger partial charge in [-0.1, -0.05) is 152 Å². The number of esters is 2. The van der Waals surface area contributed by atoms with Gasteiger partial charge in [-0.15, -0.1) is 0 Å². The molecule has 1 unspecified atom stereocenters.